The van der Waals surface area contributed by atoms with Gasteiger partial charge in [0.15, 0.2) is 0 Å². The fourth-order valence-corrected chi connectivity index (χ4v) is 1.49. The highest BCUT2D eigenvalue weighted by molar-refractivity contribution is 5.15. The Labute approximate surface area is 84.8 Å². The minimum Gasteiger partial charge on any atom is -0.310 e. The fourth-order valence-electron chi connectivity index (χ4n) is 1.49. The summed E-state index contributed by atoms with van der Waals surface area (Å²) in [7, 11) is 1.85. The standard InChI is InChI=1S/C11H15N3/c1-11(2,8-12)10(13-3)9-6-4-5-7-14-9/h4-7,10,13H,1-3H3. The van der Waals surface area contributed by atoms with Gasteiger partial charge in [0.2, 0.25) is 0 Å². The number of nitriles is 1. The van der Waals surface area contributed by atoms with Crippen LogP contribution >= 0.6 is 0 Å². The van der Waals surface area contributed by atoms with Gasteiger partial charge in [0.1, 0.15) is 0 Å². The van der Waals surface area contributed by atoms with Crippen LogP contribution in [0.5, 0.6) is 0 Å². The van der Waals surface area contributed by atoms with E-state index in [4.69, 9.17) is 5.26 Å². The van der Waals surface area contributed by atoms with Gasteiger partial charge < -0.3 is 5.32 Å². The number of nitrogens with one attached hydrogen (secondary N) is 1. The van der Waals surface area contributed by atoms with Gasteiger partial charge in [-0.2, -0.15) is 5.26 Å². The molecule has 0 spiro atoms. The predicted molar refractivity (Wildman–Crippen MR) is 55.4 cm³/mol. The molecule has 1 atom stereocenters. The molecule has 1 unspecified atom stereocenters. The molecule has 1 aromatic rings. The molecule has 0 bridgehead atoms. The van der Waals surface area contributed by atoms with Gasteiger partial charge in [0.05, 0.1) is 23.2 Å². The number of aromatic nitrogens is 1. The first-order chi connectivity index (χ1) is 6.61. The van der Waals surface area contributed by atoms with E-state index >= 15 is 0 Å². The lowest BCUT2D eigenvalue weighted by Gasteiger charge is -2.26. The highest BCUT2D eigenvalue weighted by atomic mass is 14.9. The van der Waals surface area contributed by atoms with E-state index in [1.54, 1.807) is 6.20 Å². The first-order valence-electron chi connectivity index (χ1n) is 4.61. The van der Waals surface area contributed by atoms with E-state index < -0.39 is 5.41 Å². The van der Waals surface area contributed by atoms with Crippen LogP contribution in [0.25, 0.3) is 0 Å². The molecule has 1 heterocycles. The number of hydrogen-bond acceptors (Lipinski definition) is 3. The van der Waals surface area contributed by atoms with Crippen LogP contribution in [0.2, 0.25) is 0 Å². The lowest BCUT2D eigenvalue weighted by atomic mass is 9.84. The molecule has 0 radical (unpaired) electrons. The molecule has 0 fully saturated rings. The maximum absolute atomic E-state index is 9.04. The van der Waals surface area contributed by atoms with E-state index in [2.05, 4.69) is 16.4 Å². The maximum atomic E-state index is 9.04. The Morgan fingerprint density at radius 2 is 2.21 bits per heavy atom. The normalized spacial score (nSPS) is 13.3. The van der Waals surface area contributed by atoms with Gasteiger partial charge in [-0.25, -0.2) is 0 Å². The Kier molecular flexibility index (Phi) is 3.21. The quantitative estimate of drug-likeness (QED) is 0.790. The third-order valence-corrected chi connectivity index (χ3v) is 2.28. The van der Waals surface area contributed by atoms with Crippen molar-refractivity contribution in [3.63, 3.8) is 0 Å². The molecule has 0 amide bonds. The van der Waals surface area contributed by atoms with Gasteiger partial charge in [-0.3, -0.25) is 4.98 Å². The van der Waals surface area contributed by atoms with E-state index in [0.717, 1.165) is 5.69 Å². The summed E-state index contributed by atoms with van der Waals surface area (Å²) in [5, 5.41) is 12.2. The van der Waals surface area contributed by atoms with E-state index in [0.29, 0.717) is 0 Å². The van der Waals surface area contributed by atoms with Crippen LogP contribution in [0.3, 0.4) is 0 Å². The highest BCUT2D eigenvalue weighted by Gasteiger charge is 2.30. The summed E-state index contributed by atoms with van der Waals surface area (Å²) < 4.78 is 0. The zero-order valence-electron chi connectivity index (χ0n) is 8.78. The van der Waals surface area contributed by atoms with Gasteiger partial charge in [0, 0.05) is 6.20 Å². The predicted octanol–water partition coefficient (Wildman–Crippen LogP) is 1.89. The minimum atomic E-state index is -0.455. The summed E-state index contributed by atoms with van der Waals surface area (Å²) in [6.45, 7) is 3.81. The van der Waals surface area contributed by atoms with Gasteiger partial charge in [-0.05, 0) is 33.0 Å². The zero-order valence-corrected chi connectivity index (χ0v) is 8.78. The molecule has 0 saturated carbocycles. The Morgan fingerprint density at radius 1 is 1.50 bits per heavy atom. The van der Waals surface area contributed by atoms with Crippen LogP contribution in [-0.2, 0) is 0 Å². The van der Waals surface area contributed by atoms with Crippen molar-refractivity contribution in [3.8, 4) is 6.07 Å². The van der Waals surface area contributed by atoms with Crippen molar-refractivity contribution in [3.05, 3.63) is 30.1 Å². The average molecular weight is 189 g/mol. The molecule has 0 aromatic carbocycles. The van der Waals surface area contributed by atoms with E-state index in [-0.39, 0.29) is 6.04 Å². The Balaban J connectivity index is 3.01. The fraction of sp³-hybridized carbons (Fsp3) is 0.455. The molecule has 0 aliphatic heterocycles. The monoisotopic (exact) mass is 189 g/mol. The molecular weight excluding hydrogens is 174 g/mol. The molecule has 0 aliphatic rings. The summed E-state index contributed by atoms with van der Waals surface area (Å²) >= 11 is 0. The number of nitrogens with zero attached hydrogens (tertiary/aromatic N) is 2. The van der Waals surface area contributed by atoms with E-state index in [9.17, 15) is 0 Å². The maximum Gasteiger partial charge on any atom is 0.0727 e. The first kappa shape index (κ1) is 10.7. The number of pyridine rings is 1. The van der Waals surface area contributed by atoms with Gasteiger partial charge in [-0.1, -0.05) is 6.07 Å². The largest absolute Gasteiger partial charge is 0.310 e. The molecule has 0 saturated heterocycles. The molecule has 1 N–H and O–H groups in total. The second kappa shape index (κ2) is 4.21. The van der Waals surface area contributed by atoms with Gasteiger partial charge in [0.25, 0.3) is 0 Å². The minimum absolute atomic E-state index is 0.0336. The molecule has 1 rings (SSSR count). The molecule has 3 heteroatoms. The third kappa shape index (κ3) is 2.09. The van der Waals surface area contributed by atoms with E-state index in [1.807, 2.05) is 39.1 Å². The van der Waals surface area contributed by atoms with Crippen molar-refractivity contribution in [2.45, 2.75) is 19.9 Å². The zero-order chi connectivity index (χ0) is 10.6. The summed E-state index contributed by atoms with van der Waals surface area (Å²) in [6.07, 6.45) is 1.74. The number of rotatable bonds is 3. The van der Waals surface area contributed by atoms with Crippen LogP contribution in [0.4, 0.5) is 0 Å². The van der Waals surface area contributed by atoms with Crippen molar-refractivity contribution < 1.29 is 0 Å². The van der Waals surface area contributed by atoms with Crippen molar-refractivity contribution in [2.75, 3.05) is 7.05 Å². The van der Waals surface area contributed by atoms with Crippen molar-refractivity contribution in [1.82, 2.24) is 10.3 Å². The second-order valence-electron chi connectivity index (χ2n) is 3.81. The van der Waals surface area contributed by atoms with Gasteiger partial charge in [-0.15, -0.1) is 0 Å². The lowest BCUT2D eigenvalue weighted by molar-refractivity contribution is 0.337. The van der Waals surface area contributed by atoms with Crippen LogP contribution in [0.15, 0.2) is 24.4 Å². The molecule has 0 aliphatic carbocycles. The smallest absolute Gasteiger partial charge is 0.0727 e. The van der Waals surface area contributed by atoms with Crippen LogP contribution in [0, 0.1) is 16.7 Å². The second-order valence-corrected chi connectivity index (χ2v) is 3.81. The topological polar surface area (TPSA) is 48.7 Å². The summed E-state index contributed by atoms with van der Waals surface area (Å²) in [6, 6.07) is 7.99. The molecular formula is C11H15N3. The molecule has 14 heavy (non-hydrogen) atoms. The number of hydrogen-bond donors (Lipinski definition) is 1. The van der Waals surface area contributed by atoms with Crippen molar-refractivity contribution in [2.24, 2.45) is 5.41 Å². The molecule has 74 valence electrons. The Bertz CT molecular complexity index is 324. The van der Waals surface area contributed by atoms with Crippen LogP contribution < -0.4 is 5.32 Å². The molecule has 1 aromatic heterocycles. The highest BCUT2D eigenvalue weighted by Crippen LogP contribution is 2.30. The average Bonchev–Trinajstić information content (AvgIpc) is 2.20. The van der Waals surface area contributed by atoms with Gasteiger partial charge >= 0.3 is 0 Å². The first-order valence-corrected chi connectivity index (χ1v) is 4.61. The van der Waals surface area contributed by atoms with Crippen molar-refractivity contribution in [1.29, 1.82) is 5.26 Å². The Hall–Kier alpha value is -1.40. The summed E-state index contributed by atoms with van der Waals surface area (Å²) in [5.74, 6) is 0. The molecule has 3 nitrogen and oxygen atoms in total. The SMILES string of the molecule is CNC(c1ccccn1)C(C)(C)C#N. The summed E-state index contributed by atoms with van der Waals surface area (Å²) in [4.78, 5) is 4.25. The van der Waals surface area contributed by atoms with Crippen molar-refractivity contribution >= 4 is 0 Å². The Morgan fingerprint density at radius 3 is 2.64 bits per heavy atom. The third-order valence-electron chi connectivity index (χ3n) is 2.28. The van der Waals surface area contributed by atoms with Crippen LogP contribution in [-0.4, -0.2) is 12.0 Å². The summed E-state index contributed by atoms with van der Waals surface area (Å²) in [5.41, 5.74) is 0.449. The van der Waals surface area contributed by atoms with E-state index in [1.165, 1.54) is 0 Å². The lowest BCUT2D eigenvalue weighted by Crippen LogP contribution is -2.31. The van der Waals surface area contributed by atoms with Crippen LogP contribution in [0.1, 0.15) is 25.6 Å².